The highest BCUT2D eigenvalue weighted by Gasteiger charge is 2.25. The van der Waals surface area contributed by atoms with Gasteiger partial charge in [0, 0.05) is 12.4 Å². The molecule has 0 aromatic carbocycles. The van der Waals surface area contributed by atoms with Gasteiger partial charge in [-0.3, -0.25) is 9.97 Å². The Kier molecular flexibility index (Phi) is 3.33. The first-order valence-corrected chi connectivity index (χ1v) is 4.35. The van der Waals surface area contributed by atoms with Crippen molar-refractivity contribution in [2.45, 2.75) is 19.4 Å². The van der Waals surface area contributed by atoms with Gasteiger partial charge in [0.15, 0.2) is 0 Å². The van der Waals surface area contributed by atoms with Crippen LogP contribution in [0.4, 0.5) is 0 Å². The second-order valence-corrected chi connectivity index (χ2v) is 3.11. The van der Waals surface area contributed by atoms with E-state index in [1.54, 1.807) is 18.6 Å². The van der Waals surface area contributed by atoms with Gasteiger partial charge in [0.25, 0.3) is 0 Å². The third kappa shape index (κ3) is 2.23. The van der Waals surface area contributed by atoms with Crippen LogP contribution in [-0.2, 0) is 5.54 Å². The third-order valence-electron chi connectivity index (χ3n) is 2.01. The maximum atomic E-state index is 9.24. The van der Waals surface area contributed by atoms with E-state index in [2.05, 4.69) is 15.3 Å². The summed E-state index contributed by atoms with van der Waals surface area (Å²) in [4.78, 5) is 8.12. The molecule has 2 N–H and O–H groups in total. The minimum absolute atomic E-state index is 0.0134. The van der Waals surface area contributed by atoms with Crippen molar-refractivity contribution < 1.29 is 5.11 Å². The molecule has 0 saturated heterocycles. The summed E-state index contributed by atoms with van der Waals surface area (Å²) < 4.78 is 0. The van der Waals surface area contributed by atoms with Crippen molar-refractivity contribution in [1.82, 2.24) is 15.3 Å². The minimum Gasteiger partial charge on any atom is -0.394 e. The number of aliphatic hydroxyl groups is 1. The monoisotopic (exact) mass is 181 g/mol. The van der Waals surface area contributed by atoms with Crippen LogP contribution in [0.25, 0.3) is 0 Å². The van der Waals surface area contributed by atoms with Gasteiger partial charge in [-0.05, 0) is 13.5 Å². The fraction of sp³-hybridized carbons (Fsp3) is 0.556. The highest BCUT2D eigenvalue weighted by atomic mass is 16.3. The molecule has 4 heteroatoms. The van der Waals surface area contributed by atoms with Crippen molar-refractivity contribution in [1.29, 1.82) is 0 Å². The lowest BCUT2D eigenvalue weighted by atomic mass is 9.99. The van der Waals surface area contributed by atoms with Crippen LogP contribution < -0.4 is 5.32 Å². The molecule has 0 amide bonds. The van der Waals surface area contributed by atoms with E-state index in [9.17, 15) is 5.11 Å². The number of aliphatic hydroxyl groups excluding tert-OH is 1. The fourth-order valence-electron chi connectivity index (χ4n) is 1.20. The normalized spacial score (nSPS) is 15.3. The number of rotatable bonds is 4. The molecule has 13 heavy (non-hydrogen) atoms. The molecule has 1 aromatic heterocycles. The van der Waals surface area contributed by atoms with E-state index in [0.717, 1.165) is 12.2 Å². The molecule has 1 unspecified atom stereocenters. The van der Waals surface area contributed by atoms with Gasteiger partial charge in [-0.1, -0.05) is 6.92 Å². The number of likely N-dealkylation sites (N-methyl/N-ethyl adjacent to an activating group) is 1. The Labute approximate surface area is 78.0 Å². The average Bonchev–Trinajstić information content (AvgIpc) is 2.19. The summed E-state index contributed by atoms with van der Waals surface area (Å²) in [6.45, 7) is 4.69. The highest BCUT2D eigenvalue weighted by molar-refractivity contribution is 5.09. The van der Waals surface area contributed by atoms with Crippen LogP contribution in [0.2, 0.25) is 0 Å². The second kappa shape index (κ2) is 4.30. The smallest absolute Gasteiger partial charge is 0.0829 e. The predicted octanol–water partition coefficient (Wildman–Crippen LogP) is 0.294. The fourth-order valence-corrected chi connectivity index (χ4v) is 1.20. The summed E-state index contributed by atoms with van der Waals surface area (Å²) in [6, 6.07) is 0. The maximum Gasteiger partial charge on any atom is 0.0829 e. The number of nitrogens with one attached hydrogen (secondary N) is 1. The van der Waals surface area contributed by atoms with E-state index in [4.69, 9.17) is 0 Å². The van der Waals surface area contributed by atoms with Gasteiger partial charge >= 0.3 is 0 Å². The number of hydrogen-bond acceptors (Lipinski definition) is 4. The highest BCUT2D eigenvalue weighted by Crippen LogP contribution is 2.15. The van der Waals surface area contributed by atoms with E-state index >= 15 is 0 Å². The zero-order chi connectivity index (χ0) is 9.73. The van der Waals surface area contributed by atoms with Crippen molar-refractivity contribution >= 4 is 0 Å². The van der Waals surface area contributed by atoms with Crippen molar-refractivity contribution in [2.75, 3.05) is 13.2 Å². The zero-order valence-corrected chi connectivity index (χ0v) is 7.99. The lowest BCUT2D eigenvalue weighted by Crippen LogP contribution is -2.43. The summed E-state index contributed by atoms with van der Waals surface area (Å²) in [5.41, 5.74) is 0.280. The van der Waals surface area contributed by atoms with Gasteiger partial charge < -0.3 is 10.4 Å². The molecule has 0 bridgehead atoms. The minimum atomic E-state index is -0.483. The zero-order valence-electron chi connectivity index (χ0n) is 7.99. The molecule has 0 aliphatic carbocycles. The predicted molar refractivity (Wildman–Crippen MR) is 50.1 cm³/mol. The summed E-state index contributed by atoms with van der Waals surface area (Å²) in [6.07, 6.45) is 4.91. The van der Waals surface area contributed by atoms with Gasteiger partial charge in [0.1, 0.15) is 0 Å². The molecule has 0 radical (unpaired) electrons. The number of nitrogens with zero attached hydrogens (tertiary/aromatic N) is 2. The van der Waals surface area contributed by atoms with Crippen LogP contribution in [0.1, 0.15) is 19.5 Å². The summed E-state index contributed by atoms with van der Waals surface area (Å²) >= 11 is 0. The Morgan fingerprint density at radius 2 is 2.31 bits per heavy atom. The van der Waals surface area contributed by atoms with Gasteiger partial charge in [-0.25, -0.2) is 0 Å². The molecule has 1 heterocycles. The van der Waals surface area contributed by atoms with Crippen molar-refractivity contribution in [3.05, 3.63) is 24.3 Å². The first-order valence-electron chi connectivity index (χ1n) is 4.35. The van der Waals surface area contributed by atoms with Gasteiger partial charge in [0.05, 0.1) is 24.0 Å². The Morgan fingerprint density at radius 3 is 2.77 bits per heavy atom. The molecule has 0 aliphatic heterocycles. The van der Waals surface area contributed by atoms with E-state index < -0.39 is 5.54 Å². The van der Waals surface area contributed by atoms with Gasteiger partial charge in [-0.15, -0.1) is 0 Å². The second-order valence-electron chi connectivity index (χ2n) is 3.11. The lowest BCUT2D eigenvalue weighted by Gasteiger charge is -2.26. The Morgan fingerprint density at radius 1 is 1.54 bits per heavy atom. The molecule has 1 rings (SSSR count). The molecular weight excluding hydrogens is 166 g/mol. The number of aromatic nitrogens is 2. The first-order chi connectivity index (χ1) is 6.23. The van der Waals surface area contributed by atoms with Crippen LogP contribution >= 0.6 is 0 Å². The molecule has 1 aromatic rings. The van der Waals surface area contributed by atoms with Crippen molar-refractivity contribution in [3.63, 3.8) is 0 Å². The Hall–Kier alpha value is -1.00. The van der Waals surface area contributed by atoms with Crippen LogP contribution in [0.15, 0.2) is 18.6 Å². The quantitative estimate of drug-likeness (QED) is 0.701. The molecule has 0 spiro atoms. The molecule has 0 fully saturated rings. The lowest BCUT2D eigenvalue weighted by molar-refractivity contribution is 0.173. The average molecular weight is 181 g/mol. The largest absolute Gasteiger partial charge is 0.394 e. The van der Waals surface area contributed by atoms with Crippen molar-refractivity contribution in [2.24, 2.45) is 0 Å². The van der Waals surface area contributed by atoms with Gasteiger partial charge in [0.2, 0.25) is 0 Å². The van der Waals surface area contributed by atoms with Crippen LogP contribution in [0.5, 0.6) is 0 Å². The number of hydrogen-bond donors (Lipinski definition) is 2. The van der Waals surface area contributed by atoms with Gasteiger partial charge in [-0.2, -0.15) is 0 Å². The standard InChI is InChI=1S/C9H15N3O/c1-3-12-9(2,7-13)8-6-10-4-5-11-8/h4-6,12-13H,3,7H2,1-2H3. The maximum absolute atomic E-state index is 9.24. The molecule has 0 saturated carbocycles. The first kappa shape index (κ1) is 10.1. The van der Waals surface area contributed by atoms with E-state index in [1.165, 1.54) is 0 Å². The van der Waals surface area contributed by atoms with Crippen LogP contribution in [0, 0.1) is 0 Å². The Balaban J connectivity index is 2.89. The topological polar surface area (TPSA) is 58.0 Å². The van der Waals surface area contributed by atoms with Crippen LogP contribution in [-0.4, -0.2) is 28.2 Å². The Bertz CT molecular complexity index is 252. The SMILES string of the molecule is CCNC(C)(CO)c1cnccn1. The molecule has 1 atom stereocenters. The van der Waals surface area contributed by atoms with E-state index in [-0.39, 0.29) is 6.61 Å². The van der Waals surface area contributed by atoms with E-state index in [1.807, 2.05) is 13.8 Å². The van der Waals surface area contributed by atoms with E-state index in [0.29, 0.717) is 0 Å². The molecule has 4 nitrogen and oxygen atoms in total. The van der Waals surface area contributed by atoms with Crippen LogP contribution in [0.3, 0.4) is 0 Å². The summed E-state index contributed by atoms with van der Waals surface area (Å²) in [5.74, 6) is 0. The molecule has 0 aliphatic rings. The summed E-state index contributed by atoms with van der Waals surface area (Å²) in [7, 11) is 0. The molecule has 72 valence electrons. The summed E-state index contributed by atoms with van der Waals surface area (Å²) in [5, 5.41) is 12.4. The third-order valence-corrected chi connectivity index (χ3v) is 2.01. The van der Waals surface area contributed by atoms with Crippen molar-refractivity contribution in [3.8, 4) is 0 Å². The molecular formula is C9H15N3O.